The normalized spacial score (nSPS) is 17.3. The molecule has 1 aromatic carbocycles. The zero-order valence-electron chi connectivity index (χ0n) is 14.2. The Balaban J connectivity index is 1.55. The fourth-order valence-electron chi connectivity index (χ4n) is 3.24. The van der Waals surface area contributed by atoms with E-state index in [1.165, 1.54) is 12.1 Å². The Morgan fingerprint density at radius 2 is 1.92 bits per heavy atom. The van der Waals surface area contributed by atoms with E-state index in [0.29, 0.717) is 12.4 Å². The molecule has 0 atom stereocenters. The van der Waals surface area contributed by atoms with Crippen molar-refractivity contribution in [2.75, 3.05) is 0 Å². The molecule has 0 unspecified atom stereocenters. The second kappa shape index (κ2) is 6.45. The molecular formula is C19H20F3N3O. The number of hydrogen-bond donors (Lipinski definition) is 0. The van der Waals surface area contributed by atoms with Gasteiger partial charge < -0.3 is 9.47 Å². The van der Waals surface area contributed by atoms with Crippen LogP contribution in [0.1, 0.15) is 42.6 Å². The number of carbonyl (C=O) groups excluding carboxylic acids is 1. The largest absolute Gasteiger partial charge is 0.416 e. The monoisotopic (exact) mass is 363 g/mol. The highest BCUT2D eigenvalue weighted by Crippen LogP contribution is 2.37. The first-order chi connectivity index (χ1) is 12.4. The van der Waals surface area contributed by atoms with Gasteiger partial charge in [-0.1, -0.05) is 18.2 Å². The number of nitrogens with zero attached hydrogens (tertiary/aromatic N) is 3. The molecule has 0 radical (unpaired) electrons. The molecule has 0 saturated heterocycles. The SMILES string of the molecule is O=C(C1CC1)N(Cc1nccn1Cc1ccccc1C(F)(F)F)C1CC1. The summed E-state index contributed by atoms with van der Waals surface area (Å²) >= 11 is 0. The summed E-state index contributed by atoms with van der Waals surface area (Å²) in [5, 5.41) is 0. The van der Waals surface area contributed by atoms with Crippen molar-refractivity contribution in [2.45, 2.75) is 51.0 Å². The number of alkyl halides is 3. The van der Waals surface area contributed by atoms with E-state index in [0.717, 1.165) is 31.7 Å². The van der Waals surface area contributed by atoms with Gasteiger partial charge in [-0.15, -0.1) is 0 Å². The van der Waals surface area contributed by atoms with Gasteiger partial charge in [-0.05, 0) is 37.3 Å². The van der Waals surface area contributed by atoms with Crippen molar-refractivity contribution in [3.8, 4) is 0 Å². The van der Waals surface area contributed by atoms with Crippen molar-refractivity contribution in [1.82, 2.24) is 14.5 Å². The van der Waals surface area contributed by atoms with E-state index in [1.54, 1.807) is 23.0 Å². The van der Waals surface area contributed by atoms with E-state index in [2.05, 4.69) is 4.98 Å². The number of rotatable bonds is 6. The van der Waals surface area contributed by atoms with Crippen LogP contribution < -0.4 is 0 Å². The first kappa shape index (κ1) is 17.1. The predicted molar refractivity (Wildman–Crippen MR) is 89.1 cm³/mol. The lowest BCUT2D eigenvalue weighted by Crippen LogP contribution is -2.34. The summed E-state index contributed by atoms with van der Waals surface area (Å²) < 4.78 is 41.4. The fourth-order valence-corrected chi connectivity index (χ4v) is 3.24. The number of aromatic nitrogens is 2. The highest BCUT2D eigenvalue weighted by molar-refractivity contribution is 5.81. The van der Waals surface area contributed by atoms with Gasteiger partial charge in [-0.3, -0.25) is 4.79 Å². The van der Waals surface area contributed by atoms with Gasteiger partial charge in [0.2, 0.25) is 5.91 Å². The van der Waals surface area contributed by atoms with Crippen LogP contribution in [0.3, 0.4) is 0 Å². The van der Waals surface area contributed by atoms with Gasteiger partial charge in [0.15, 0.2) is 0 Å². The Bertz CT molecular complexity index is 806. The predicted octanol–water partition coefficient (Wildman–Crippen LogP) is 3.85. The molecule has 138 valence electrons. The minimum absolute atomic E-state index is 0.0845. The molecule has 0 N–H and O–H groups in total. The van der Waals surface area contributed by atoms with E-state index in [1.807, 2.05) is 4.90 Å². The molecule has 0 bridgehead atoms. The Labute approximate surface area is 149 Å². The molecule has 1 heterocycles. The van der Waals surface area contributed by atoms with Crippen molar-refractivity contribution in [3.63, 3.8) is 0 Å². The molecule has 0 aliphatic heterocycles. The third-order valence-electron chi connectivity index (χ3n) is 4.97. The van der Waals surface area contributed by atoms with E-state index in [-0.39, 0.29) is 30.0 Å². The lowest BCUT2D eigenvalue weighted by molar-refractivity contribution is -0.138. The zero-order chi connectivity index (χ0) is 18.3. The molecule has 2 aliphatic rings. The fraction of sp³-hybridized carbons (Fsp3) is 0.474. The number of hydrogen-bond acceptors (Lipinski definition) is 2. The Morgan fingerprint density at radius 3 is 2.58 bits per heavy atom. The van der Waals surface area contributed by atoms with Crippen LogP contribution in [-0.4, -0.2) is 26.4 Å². The van der Waals surface area contributed by atoms with Gasteiger partial charge in [-0.2, -0.15) is 13.2 Å². The molecule has 0 spiro atoms. The summed E-state index contributed by atoms with van der Waals surface area (Å²) in [5.74, 6) is 0.922. The maximum Gasteiger partial charge on any atom is 0.416 e. The maximum absolute atomic E-state index is 13.2. The topological polar surface area (TPSA) is 38.1 Å². The number of carbonyl (C=O) groups is 1. The summed E-state index contributed by atoms with van der Waals surface area (Å²) in [4.78, 5) is 18.7. The Kier molecular flexibility index (Phi) is 4.25. The van der Waals surface area contributed by atoms with Crippen molar-refractivity contribution >= 4 is 5.91 Å². The van der Waals surface area contributed by atoms with Gasteiger partial charge in [0, 0.05) is 30.9 Å². The van der Waals surface area contributed by atoms with Gasteiger partial charge in [0.1, 0.15) is 5.82 Å². The number of amides is 1. The standard InChI is InChI=1S/C19H20F3N3O/c20-19(21,22)16-4-2-1-3-14(16)11-24-10-9-23-17(24)12-25(15-7-8-15)18(26)13-5-6-13/h1-4,9-10,13,15H,5-8,11-12H2. The molecule has 4 rings (SSSR count). The van der Waals surface area contributed by atoms with Crippen LogP contribution in [-0.2, 0) is 24.1 Å². The van der Waals surface area contributed by atoms with Crippen LogP contribution in [0.15, 0.2) is 36.7 Å². The summed E-state index contributed by atoms with van der Waals surface area (Å²) in [6.07, 6.45) is 2.74. The lowest BCUT2D eigenvalue weighted by Gasteiger charge is -2.23. The van der Waals surface area contributed by atoms with Crippen LogP contribution in [0.25, 0.3) is 0 Å². The van der Waals surface area contributed by atoms with Crippen molar-refractivity contribution in [2.24, 2.45) is 5.92 Å². The van der Waals surface area contributed by atoms with Crippen LogP contribution in [0.2, 0.25) is 0 Å². The van der Waals surface area contributed by atoms with Crippen molar-refractivity contribution < 1.29 is 18.0 Å². The molecular weight excluding hydrogens is 343 g/mol. The zero-order valence-corrected chi connectivity index (χ0v) is 14.2. The summed E-state index contributed by atoms with van der Waals surface area (Å²) in [5.41, 5.74) is -0.432. The molecule has 7 heteroatoms. The van der Waals surface area contributed by atoms with Gasteiger partial charge in [0.25, 0.3) is 0 Å². The van der Waals surface area contributed by atoms with Gasteiger partial charge in [0.05, 0.1) is 12.1 Å². The minimum atomic E-state index is -4.39. The van der Waals surface area contributed by atoms with Crippen molar-refractivity contribution in [1.29, 1.82) is 0 Å². The first-order valence-corrected chi connectivity index (χ1v) is 8.89. The number of imidazole rings is 1. The molecule has 2 aromatic rings. The molecule has 2 aliphatic carbocycles. The Hall–Kier alpha value is -2.31. The van der Waals surface area contributed by atoms with Gasteiger partial charge in [-0.25, -0.2) is 4.98 Å². The molecule has 26 heavy (non-hydrogen) atoms. The van der Waals surface area contributed by atoms with E-state index in [4.69, 9.17) is 0 Å². The van der Waals surface area contributed by atoms with E-state index in [9.17, 15) is 18.0 Å². The Morgan fingerprint density at radius 1 is 1.19 bits per heavy atom. The quantitative estimate of drug-likeness (QED) is 0.782. The van der Waals surface area contributed by atoms with Crippen LogP contribution >= 0.6 is 0 Å². The van der Waals surface area contributed by atoms with Crippen LogP contribution in [0.4, 0.5) is 13.2 Å². The average Bonchev–Trinajstić information content (AvgIpc) is 3.51. The maximum atomic E-state index is 13.2. The average molecular weight is 363 g/mol. The first-order valence-electron chi connectivity index (χ1n) is 8.89. The second-order valence-electron chi connectivity index (χ2n) is 7.10. The second-order valence-corrected chi connectivity index (χ2v) is 7.10. The molecule has 2 saturated carbocycles. The third kappa shape index (κ3) is 3.61. The highest BCUT2D eigenvalue weighted by atomic mass is 19.4. The van der Waals surface area contributed by atoms with Gasteiger partial charge >= 0.3 is 6.18 Å². The van der Waals surface area contributed by atoms with E-state index < -0.39 is 11.7 Å². The molecule has 4 nitrogen and oxygen atoms in total. The third-order valence-corrected chi connectivity index (χ3v) is 4.97. The summed E-state index contributed by atoms with van der Waals surface area (Å²) in [6.45, 7) is 0.447. The lowest BCUT2D eigenvalue weighted by atomic mass is 10.1. The number of halogens is 3. The highest BCUT2D eigenvalue weighted by Gasteiger charge is 2.40. The van der Waals surface area contributed by atoms with Crippen LogP contribution in [0.5, 0.6) is 0 Å². The van der Waals surface area contributed by atoms with Crippen LogP contribution in [0, 0.1) is 5.92 Å². The molecule has 1 aromatic heterocycles. The van der Waals surface area contributed by atoms with Crippen molar-refractivity contribution in [3.05, 3.63) is 53.6 Å². The molecule has 2 fully saturated rings. The van der Waals surface area contributed by atoms with E-state index >= 15 is 0 Å². The summed E-state index contributed by atoms with van der Waals surface area (Å²) in [6, 6.07) is 5.84. The molecule has 1 amide bonds. The minimum Gasteiger partial charge on any atom is -0.332 e. The number of benzene rings is 1. The smallest absolute Gasteiger partial charge is 0.332 e. The summed E-state index contributed by atoms with van der Waals surface area (Å²) in [7, 11) is 0.